The van der Waals surface area contributed by atoms with E-state index in [1.165, 1.54) is 12.1 Å². The summed E-state index contributed by atoms with van der Waals surface area (Å²) in [6.45, 7) is 1.18. The van der Waals surface area contributed by atoms with Crippen LogP contribution in [0.15, 0.2) is 24.3 Å². The van der Waals surface area contributed by atoms with E-state index >= 15 is 0 Å². The number of ether oxygens (including phenoxy) is 2. The highest BCUT2D eigenvalue weighted by atomic mass is 19.4. The number of hydrazine groups is 1. The molecule has 1 aliphatic rings. The maximum Gasteiger partial charge on any atom is 0.573 e. The Morgan fingerprint density at radius 1 is 1.25 bits per heavy atom. The van der Waals surface area contributed by atoms with E-state index in [0.29, 0.717) is 18.8 Å². The Bertz CT molecular complexity index is 434. The highest BCUT2D eigenvalue weighted by Gasteiger charge is 2.34. The van der Waals surface area contributed by atoms with Gasteiger partial charge in [0.05, 0.1) is 6.04 Å². The van der Waals surface area contributed by atoms with Gasteiger partial charge in [-0.15, -0.1) is 13.2 Å². The van der Waals surface area contributed by atoms with Crippen LogP contribution in [0.2, 0.25) is 0 Å². The first-order valence-electron chi connectivity index (χ1n) is 6.40. The first-order chi connectivity index (χ1) is 9.51. The Morgan fingerprint density at radius 3 is 2.50 bits per heavy atom. The van der Waals surface area contributed by atoms with Crippen molar-refractivity contribution in [3.05, 3.63) is 29.8 Å². The molecule has 0 aliphatic carbocycles. The van der Waals surface area contributed by atoms with Crippen molar-refractivity contribution < 1.29 is 22.6 Å². The molecular formula is C13H17F3N2O2. The van der Waals surface area contributed by atoms with Gasteiger partial charge in [0.1, 0.15) is 5.75 Å². The number of rotatable bonds is 4. The van der Waals surface area contributed by atoms with Crippen molar-refractivity contribution in [3.63, 3.8) is 0 Å². The summed E-state index contributed by atoms with van der Waals surface area (Å²) in [4.78, 5) is 0. The average molecular weight is 290 g/mol. The zero-order valence-corrected chi connectivity index (χ0v) is 10.8. The number of halogens is 3. The van der Waals surface area contributed by atoms with Gasteiger partial charge in [-0.25, -0.2) is 0 Å². The minimum absolute atomic E-state index is 0.117. The second-order valence-corrected chi connectivity index (χ2v) is 4.68. The van der Waals surface area contributed by atoms with Gasteiger partial charge < -0.3 is 9.47 Å². The van der Waals surface area contributed by atoms with Crippen molar-refractivity contribution in [2.75, 3.05) is 13.2 Å². The highest BCUT2D eigenvalue weighted by molar-refractivity contribution is 5.36. The third kappa shape index (κ3) is 3.84. The maximum absolute atomic E-state index is 12.4. The predicted molar refractivity (Wildman–Crippen MR) is 66.7 cm³/mol. The molecule has 0 spiro atoms. The number of nitrogens with one attached hydrogen (secondary N) is 1. The van der Waals surface area contributed by atoms with Crippen LogP contribution in [-0.2, 0) is 4.74 Å². The highest BCUT2D eigenvalue weighted by Crippen LogP contribution is 2.36. The summed E-state index contributed by atoms with van der Waals surface area (Å²) >= 11 is 0. The molecule has 7 heteroatoms. The van der Waals surface area contributed by atoms with E-state index in [0.717, 1.165) is 12.8 Å². The predicted octanol–water partition coefficient (Wildman–Crippen LogP) is 2.52. The molecule has 1 saturated heterocycles. The lowest BCUT2D eigenvalue weighted by molar-refractivity contribution is -0.275. The van der Waals surface area contributed by atoms with Crippen molar-refractivity contribution in [1.29, 1.82) is 0 Å². The van der Waals surface area contributed by atoms with Crippen molar-refractivity contribution >= 4 is 0 Å². The Kier molecular flexibility index (Phi) is 4.85. The summed E-state index contributed by atoms with van der Waals surface area (Å²) in [7, 11) is 0. The maximum atomic E-state index is 12.4. The Morgan fingerprint density at radius 2 is 1.90 bits per heavy atom. The van der Waals surface area contributed by atoms with Gasteiger partial charge in [0.15, 0.2) is 0 Å². The van der Waals surface area contributed by atoms with E-state index in [2.05, 4.69) is 10.2 Å². The summed E-state index contributed by atoms with van der Waals surface area (Å²) in [5.41, 5.74) is 3.03. The number of benzene rings is 1. The van der Waals surface area contributed by atoms with E-state index < -0.39 is 12.4 Å². The molecule has 0 aromatic heterocycles. The van der Waals surface area contributed by atoms with Crippen molar-refractivity contribution in [2.24, 2.45) is 11.8 Å². The van der Waals surface area contributed by atoms with Gasteiger partial charge in [0, 0.05) is 18.8 Å². The molecule has 4 nitrogen and oxygen atoms in total. The molecule has 0 saturated carbocycles. The summed E-state index contributed by atoms with van der Waals surface area (Å²) in [5, 5.41) is 0. The van der Waals surface area contributed by atoms with E-state index in [9.17, 15) is 13.2 Å². The normalized spacial score (nSPS) is 18.8. The van der Waals surface area contributed by atoms with E-state index in [1.54, 1.807) is 12.1 Å². The molecular weight excluding hydrogens is 273 g/mol. The Hall–Kier alpha value is -1.31. The van der Waals surface area contributed by atoms with Crippen LogP contribution >= 0.6 is 0 Å². The molecule has 20 heavy (non-hydrogen) atoms. The average Bonchev–Trinajstić information content (AvgIpc) is 2.41. The number of nitrogens with two attached hydrogens (primary N) is 1. The number of hydrogen-bond acceptors (Lipinski definition) is 4. The summed E-state index contributed by atoms with van der Waals surface area (Å²) in [6, 6.07) is 5.68. The molecule has 0 bridgehead atoms. The number of hydrogen-bond donors (Lipinski definition) is 2. The molecule has 1 aromatic rings. The van der Waals surface area contributed by atoms with Gasteiger partial charge in [0.25, 0.3) is 0 Å². The Labute approximate surface area is 115 Å². The summed E-state index contributed by atoms with van der Waals surface area (Å²) < 4.78 is 46.7. The fourth-order valence-corrected chi connectivity index (χ4v) is 2.48. The van der Waals surface area contributed by atoms with E-state index in [4.69, 9.17) is 10.6 Å². The molecule has 2 rings (SSSR count). The molecule has 1 heterocycles. The quantitative estimate of drug-likeness (QED) is 0.661. The monoisotopic (exact) mass is 290 g/mol. The van der Waals surface area contributed by atoms with Crippen LogP contribution in [0, 0.1) is 5.92 Å². The summed E-state index contributed by atoms with van der Waals surface area (Å²) in [5.74, 6) is 5.44. The molecule has 1 aromatic carbocycles. The SMILES string of the molecule is NNC(c1ccccc1OC(F)(F)F)C1CCOCC1. The van der Waals surface area contributed by atoms with Crippen LogP contribution in [0.1, 0.15) is 24.4 Å². The van der Waals surface area contributed by atoms with Crippen LogP contribution < -0.4 is 16.0 Å². The molecule has 1 aliphatic heterocycles. The molecule has 0 radical (unpaired) electrons. The molecule has 1 fully saturated rings. The first-order valence-corrected chi connectivity index (χ1v) is 6.40. The van der Waals surface area contributed by atoms with Crippen LogP contribution in [0.3, 0.4) is 0 Å². The van der Waals surface area contributed by atoms with Gasteiger partial charge in [-0.1, -0.05) is 18.2 Å². The fourth-order valence-electron chi connectivity index (χ4n) is 2.48. The number of para-hydroxylation sites is 1. The lowest BCUT2D eigenvalue weighted by Gasteiger charge is -2.31. The topological polar surface area (TPSA) is 56.5 Å². The summed E-state index contributed by atoms with van der Waals surface area (Å²) in [6.07, 6.45) is -3.23. The van der Waals surface area contributed by atoms with Gasteiger partial charge >= 0.3 is 6.36 Å². The van der Waals surface area contributed by atoms with Crippen LogP contribution in [0.25, 0.3) is 0 Å². The van der Waals surface area contributed by atoms with E-state index in [-0.39, 0.29) is 11.7 Å². The zero-order valence-electron chi connectivity index (χ0n) is 10.8. The van der Waals surface area contributed by atoms with Gasteiger partial charge in [-0.3, -0.25) is 11.3 Å². The smallest absolute Gasteiger partial charge is 0.405 e. The molecule has 3 N–H and O–H groups in total. The van der Waals surface area contributed by atoms with Crippen molar-refractivity contribution in [3.8, 4) is 5.75 Å². The molecule has 1 unspecified atom stereocenters. The van der Waals surface area contributed by atoms with E-state index in [1.807, 2.05) is 0 Å². The third-order valence-corrected chi connectivity index (χ3v) is 3.40. The zero-order chi connectivity index (χ0) is 14.6. The van der Waals surface area contributed by atoms with Crippen LogP contribution in [0.5, 0.6) is 5.75 Å². The molecule has 112 valence electrons. The standard InChI is InChI=1S/C13H17F3N2O2/c14-13(15,16)20-11-4-2-1-3-10(11)12(18-17)9-5-7-19-8-6-9/h1-4,9,12,18H,5-8,17H2. The van der Waals surface area contributed by atoms with Gasteiger partial charge in [-0.05, 0) is 24.8 Å². The minimum Gasteiger partial charge on any atom is -0.405 e. The lowest BCUT2D eigenvalue weighted by atomic mass is 9.87. The third-order valence-electron chi connectivity index (χ3n) is 3.40. The second-order valence-electron chi connectivity index (χ2n) is 4.68. The first kappa shape index (κ1) is 15.1. The van der Waals surface area contributed by atoms with Gasteiger partial charge in [-0.2, -0.15) is 0 Å². The van der Waals surface area contributed by atoms with Crippen LogP contribution in [-0.4, -0.2) is 19.6 Å². The molecule has 0 amide bonds. The van der Waals surface area contributed by atoms with Gasteiger partial charge in [0.2, 0.25) is 0 Å². The number of alkyl halides is 3. The fraction of sp³-hybridized carbons (Fsp3) is 0.538. The largest absolute Gasteiger partial charge is 0.573 e. The molecule has 1 atom stereocenters. The second kappa shape index (κ2) is 6.43. The minimum atomic E-state index is -4.72. The van der Waals surface area contributed by atoms with Crippen molar-refractivity contribution in [1.82, 2.24) is 5.43 Å². The Balaban J connectivity index is 2.24. The van der Waals surface area contributed by atoms with Crippen LogP contribution in [0.4, 0.5) is 13.2 Å². The van der Waals surface area contributed by atoms with Crippen molar-refractivity contribution in [2.45, 2.75) is 25.2 Å². The lowest BCUT2D eigenvalue weighted by Crippen LogP contribution is -2.36.